The molecule has 6 nitrogen and oxygen atoms in total. The minimum absolute atomic E-state index is 0.210. The number of carbonyl (C=O) groups is 1. The molecule has 0 unspecified atom stereocenters. The third kappa shape index (κ3) is 3.84. The fraction of sp³-hybridized carbons (Fsp3) is 0.208. The smallest absolute Gasteiger partial charge is 0.338 e. The van der Waals surface area contributed by atoms with E-state index in [4.69, 9.17) is 9.47 Å². The van der Waals surface area contributed by atoms with Gasteiger partial charge in [0.25, 0.3) is 5.56 Å². The molecular weight excluding hydrogens is 412 g/mol. The second-order valence-corrected chi connectivity index (χ2v) is 7.96. The predicted molar refractivity (Wildman–Crippen MR) is 120 cm³/mol. The van der Waals surface area contributed by atoms with Crippen LogP contribution in [0.1, 0.15) is 31.0 Å². The van der Waals surface area contributed by atoms with Gasteiger partial charge < -0.3 is 9.47 Å². The lowest BCUT2D eigenvalue weighted by molar-refractivity contribution is -0.139. The summed E-state index contributed by atoms with van der Waals surface area (Å²) in [5, 5.41) is 0. The summed E-state index contributed by atoms with van der Waals surface area (Å²) in [5.74, 6) is 0.216. The molecule has 0 spiro atoms. The van der Waals surface area contributed by atoms with Crippen LogP contribution < -0.4 is 19.6 Å². The van der Waals surface area contributed by atoms with Gasteiger partial charge in [0.1, 0.15) is 5.75 Å². The average molecular weight is 435 g/mol. The van der Waals surface area contributed by atoms with E-state index in [1.165, 1.54) is 11.3 Å². The quantitative estimate of drug-likeness (QED) is 0.579. The summed E-state index contributed by atoms with van der Waals surface area (Å²) < 4.78 is 12.8. The van der Waals surface area contributed by atoms with E-state index in [1.54, 1.807) is 31.6 Å². The molecule has 0 N–H and O–H groups in total. The number of para-hydroxylation sites is 1. The molecule has 0 radical (unpaired) electrons. The zero-order valence-corrected chi connectivity index (χ0v) is 18.3. The maximum Gasteiger partial charge on any atom is 0.338 e. The third-order valence-electron chi connectivity index (χ3n) is 5.06. The van der Waals surface area contributed by atoms with Crippen LogP contribution in [0.4, 0.5) is 0 Å². The van der Waals surface area contributed by atoms with Crippen LogP contribution in [0, 0.1) is 0 Å². The fourth-order valence-corrected chi connectivity index (χ4v) is 4.71. The summed E-state index contributed by atoms with van der Waals surface area (Å²) in [6, 6.07) is 16.4. The second kappa shape index (κ2) is 8.73. The van der Waals surface area contributed by atoms with Crippen LogP contribution >= 0.6 is 11.3 Å². The minimum atomic E-state index is -0.601. The molecule has 0 saturated carbocycles. The molecule has 2 heterocycles. The van der Waals surface area contributed by atoms with Crippen molar-refractivity contribution in [1.29, 1.82) is 0 Å². The Morgan fingerprint density at radius 3 is 2.58 bits per heavy atom. The minimum Gasteiger partial charge on any atom is -0.496 e. The van der Waals surface area contributed by atoms with Crippen LogP contribution in [-0.2, 0) is 9.53 Å². The molecule has 0 aliphatic carbocycles. The van der Waals surface area contributed by atoms with Crippen LogP contribution in [0.25, 0.3) is 6.08 Å². The number of fused-ring (bicyclic) bond motifs is 1. The number of carbonyl (C=O) groups excluding carboxylic acids is 1. The Labute approximate surface area is 183 Å². The van der Waals surface area contributed by atoms with Crippen LogP contribution in [-0.4, -0.2) is 24.3 Å². The van der Waals surface area contributed by atoms with E-state index < -0.39 is 12.0 Å². The number of allylic oxidation sites excluding steroid dienone is 1. The van der Waals surface area contributed by atoms with Gasteiger partial charge in [0.15, 0.2) is 4.80 Å². The molecular formula is C24H22N2O4S. The lowest BCUT2D eigenvalue weighted by Crippen LogP contribution is -2.39. The molecule has 0 saturated heterocycles. The van der Waals surface area contributed by atoms with Crippen molar-refractivity contribution < 1.29 is 14.3 Å². The molecule has 2 aromatic carbocycles. The first-order valence-electron chi connectivity index (χ1n) is 9.92. The van der Waals surface area contributed by atoms with Gasteiger partial charge in [0, 0.05) is 5.56 Å². The highest BCUT2D eigenvalue weighted by atomic mass is 32.1. The Morgan fingerprint density at radius 2 is 1.87 bits per heavy atom. The Balaban J connectivity index is 1.97. The Morgan fingerprint density at radius 1 is 1.16 bits per heavy atom. The SMILES string of the molecule is CCOC(=O)C1=C(C)N=c2s/c(=C/c3ccccc3OC)c(=O)n2[C@H]1c1ccccc1. The van der Waals surface area contributed by atoms with Gasteiger partial charge >= 0.3 is 5.97 Å². The first-order chi connectivity index (χ1) is 15.0. The number of nitrogens with zero attached hydrogens (tertiary/aromatic N) is 2. The van der Waals surface area contributed by atoms with Crippen molar-refractivity contribution in [3.05, 3.63) is 96.7 Å². The molecule has 1 atom stereocenters. The van der Waals surface area contributed by atoms with E-state index in [0.717, 1.165) is 11.1 Å². The first-order valence-corrected chi connectivity index (χ1v) is 10.7. The largest absolute Gasteiger partial charge is 0.496 e. The number of benzene rings is 2. The van der Waals surface area contributed by atoms with E-state index in [9.17, 15) is 9.59 Å². The molecule has 0 bridgehead atoms. The van der Waals surface area contributed by atoms with Crippen molar-refractivity contribution >= 4 is 23.4 Å². The predicted octanol–water partition coefficient (Wildman–Crippen LogP) is 2.81. The molecule has 7 heteroatoms. The monoisotopic (exact) mass is 434 g/mol. The zero-order valence-electron chi connectivity index (χ0n) is 17.5. The molecule has 0 amide bonds. The lowest BCUT2D eigenvalue weighted by atomic mass is 9.96. The van der Waals surface area contributed by atoms with Gasteiger partial charge in [-0.05, 0) is 31.6 Å². The van der Waals surface area contributed by atoms with Gasteiger partial charge in [-0.15, -0.1) is 0 Å². The van der Waals surface area contributed by atoms with E-state index in [0.29, 0.717) is 26.4 Å². The number of hydrogen-bond donors (Lipinski definition) is 0. The van der Waals surface area contributed by atoms with E-state index >= 15 is 0 Å². The zero-order chi connectivity index (χ0) is 22.0. The Hall–Kier alpha value is -3.45. The summed E-state index contributed by atoms with van der Waals surface area (Å²) >= 11 is 1.29. The number of esters is 1. The molecule has 158 valence electrons. The Kier molecular flexibility index (Phi) is 5.86. The van der Waals surface area contributed by atoms with Gasteiger partial charge in [-0.25, -0.2) is 9.79 Å². The van der Waals surface area contributed by atoms with Gasteiger partial charge in [0.05, 0.1) is 35.6 Å². The third-order valence-corrected chi connectivity index (χ3v) is 6.04. The van der Waals surface area contributed by atoms with Crippen molar-refractivity contribution in [1.82, 2.24) is 4.57 Å². The molecule has 1 aromatic heterocycles. The number of aromatic nitrogens is 1. The number of thiazole rings is 1. The Bertz CT molecular complexity index is 1340. The fourth-order valence-electron chi connectivity index (χ4n) is 3.67. The molecule has 31 heavy (non-hydrogen) atoms. The normalized spacial score (nSPS) is 16.0. The highest BCUT2D eigenvalue weighted by molar-refractivity contribution is 7.07. The van der Waals surface area contributed by atoms with E-state index in [-0.39, 0.29) is 12.2 Å². The molecule has 0 fully saturated rings. The van der Waals surface area contributed by atoms with Crippen molar-refractivity contribution in [2.24, 2.45) is 4.99 Å². The standard InChI is InChI=1S/C24H22N2O4S/c1-4-30-23(28)20-15(2)25-24-26(21(20)16-10-6-5-7-11-16)22(27)19(31-24)14-17-12-8-9-13-18(17)29-3/h5-14,21H,4H2,1-3H3/b19-14+/t21-/m0/s1. The van der Waals surface area contributed by atoms with Gasteiger partial charge in [-0.1, -0.05) is 59.9 Å². The van der Waals surface area contributed by atoms with Crippen molar-refractivity contribution in [2.75, 3.05) is 13.7 Å². The number of methoxy groups -OCH3 is 1. The van der Waals surface area contributed by atoms with Crippen LogP contribution in [0.15, 0.2) is 75.7 Å². The summed E-state index contributed by atoms with van der Waals surface area (Å²) in [6.45, 7) is 3.78. The highest BCUT2D eigenvalue weighted by Crippen LogP contribution is 2.30. The topological polar surface area (TPSA) is 69.9 Å². The average Bonchev–Trinajstić information content (AvgIpc) is 3.08. The summed E-state index contributed by atoms with van der Waals surface area (Å²) in [4.78, 5) is 31.4. The lowest BCUT2D eigenvalue weighted by Gasteiger charge is -2.24. The molecule has 4 rings (SSSR count). The van der Waals surface area contributed by atoms with Gasteiger partial charge in [-0.2, -0.15) is 0 Å². The summed E-state index contributed by atoms with van der Waals surface area (Å²) in [6.07, 6.45) is 1.80. The molecule has 1 aliphatic heterocycles. The maximum atomic E-state index is 13.5. The number of ether oxygens (including phenoxy) is 2. The van der Waals surface area contributed by atoms with Gasteiger partial charge in [-0.3, -0.25) is 9.36 Å². The van der Waals surface area contributed by atoms with Crippen LogP contribution in [0.2, 0.25) is 0 Å². The van der Waals surface area contributed by atoms with Gasteiger partial charge in [0.2, 0.25) is 0 Å². The molecule has 1 aliphatic rings. The molecule has 3 aromatic rings. The van der Waals surface area contributed by atoms with Crippen LogP contribution in [0.3, 0.4) is 0 Å². The second-order valence-electron chi connectivity index (χ2n) is 6.95. The summed E-state index contributed by atoms with van der Waals surface area (Å²) in [7, 11) is 1.60. The van der Waals surface area contributed by atoms with Crippen molar-refractivity contribution in [3.63, 3.8) is 0 Å². The van der Waals surface area contributed by atoms with E-state index in [2.05, 4.69) is 4.99 Å². The highest BCUT2D eigenvalue weighted by Gasteiger charge is 2.33. The first kappa shape index (κ1) is 20.8. The number of rotatable bonds is 5. The van der Waals surface area contributed by atoms with E-state index in [1.807, 2.05) is 54.6 Å². The number of hydrogen-bond acceptors (Lipinski definition) is 6. The summed E-state index contributed by atoms with van der Waals surface area (Å²) in [5.41, 5.74) is 2.34. The maximum absolute atomic E-state index is 13.5. The van der Waals surface area contributed by atoms with Crippen molar-refractivity contribution in [3.8, 4) is 5.75 Å². The van der Waals surface area contributed by atoms with Crippen molar-refractivity contribution in [2.45, 2.75) is 19.9 Å². The van der Waals surface area contributed by atoms with Crippen LogP contribution in [0.5, 0.6) is 5.75 Å².